The highest BCUT2D eigenvalue weighted by Gasteiger charge is 2.23. The molecule has 0 radical (unpaired) electrons. The zero-order valence-corrected chi connectivity index (χ0v) is 18.6. The molecule has 7 heteroatoms. The van der Waals surface area contributed by atoms with Gasteiger partial charge in [-0.05, 0) is 35.2 Å². The summed E-state index contributed by atoms with van der Waals surface area (Å²) < 4.78 is 0. The van der Waals surface area contributed by atoms with Crippen LogP contribution in [-0.4, -0.2) is 27.3 Å². The van der Waals surface area contributed by atoms with Gasteiger partial charge in [0.15, 0.2) is 0 Å². The first-order valence-corrected chi connectivity index (χ1v) is 11.0. The minimum atomic E-state index is -0.409. The number of nitrogens with one attached hydrogen (secondary N) is 2. The molecule has 4 rings (SSSR count). The molecule has 7 nitrogen and oxygen atoms in total. The lowest BCUT2D eigenvalue weighted by molar-refractivity contribution is -0.384. The molecular formula is C26H26N4O3. The molecule has 1 amide bonds. The Bertz CT molecular complexity index is 1280. The number of nitro groups is 1. The van der Waals surface area contributed by atoms with Crippen molar-refractivity contribution in [1.29, 1.82) is 0 Å². The summed E-state index contributed by atoms with van der Waals surface area (Å²) in [4.78, 5) is 31.4. The fraction of sp³-hybridized carbons (Fsp3) is 0.231. The van der Waals surface area contributed by atoms with Crippen molar-refractivity contribution in [3.63, 3.8) is 0 Å². The Balaban J connectivity index is 1.74. The highest BCUT2D eigenvalue weighted by Crippen LogP contribution is 2.36. The minimum Gasteiger partial charge on any atom is -0.361 e. The molecule has 2 N–H and O–H groups in total. The topological polar surface area (TPSA) is 101 Å². The quantitative estimate of drug-likeness (QED) is 0.280. The third-order valence-electron chi connectivity index (χ3n) is 5.63. The normalized spacial score (nSPS) is 12.1. The van der Waals surface area contributed by atoms with Crippen LogP contribution in [0.15, 0.2) is 73.1 Å². The van der Waals surface area contributed by atoms with Gasteiger partial charge < -0.3 is 10.3 Å². The van der Waals surface area contributed by atoms with E-state index in [4.69, 9.17) is 0 Å². The van der Waals surface area contributed by atoms with Crippen LogP contribution in [-0.2, 0) is 4.79 Å². The van der Waals surface area contributed by atoms with Crippen molar-refractivity contribution >= 4 is 22.5 Å². The van der Waals surface area contributed by atoms with Crippen LogP contribution in [0.1, 0.15) is 37.3 Å². The van der Waals surface area contributed by atoms with Crippen molar-refractivity contribution in [3.05, 3.63) is 94.3 Å². The third kappa shape index (κ3) is 5.09. The number of carbonyl (C=O) groups is 1. The van der Waals surface area contributed by atoms with Gasteiger partial charge in [0.05, 0.1) is 10.6 Å². The number of nitro benzene ring substituents is 1. The van der Waals surface area contributed by atoms with Crippen LogP contribution in [0.5, 0.6) is 0 Å². The number of aromatic nitrogens is 2. The molecule has 33 heavy (non-hydrogen) atoms. The second-order valence-corrected chi connectivity index (χ2v) is 8.53. The van der Waals surface area contributed by atoms with Gasteiger partial charge >= 0.3 is 0 Å². The molecule has 2 aromatic heterocycles. The molecule has 0 spiro atoms. The molecule has 0 aliphatic rings. The van der Waals surface area contributed by atoms with E-state index in [9.17, 15) is 14.9 Å². The van der Waals surface area contributed by atoms with E-state index in [1.807, 2.05) is 62.5 Å². The third-order valence-corrected chi connectivity index (χ3v) is 5.63. The molecule has 4 aromatic rings. The zero-order chi connectivity index (χ0) is 23.4. The van der Waals surface area contributed by atoms with Crippen LogP contribution in [0.4, 0.5) is 5.69 Å². The second-order valence-electron chi connectivity index (χ2n) is 8.53. The smallest absolute Gasteiger partial charge is 0.269 e. The number of nitrogens with zero attached hydrogens (tertiary/aromatic N) is 2. The Labute approximate surface area is 192 Å². The lowest BCUT2D eigenvalue weighted by atomic mass is 9.87. The van der Waals surface area contributed by atoms with Gasteiger partial charge in [-0.2, -0.15) is 0 Å². The molecule has 0 aliphatic carbocycles. The van der Waals surface area contributed by atoms with Gasteiger partial charge in [0.2, 0.25) is 5.91 Å². The van der Waals surface area contributed by atoms with Crippen LogP contribution >= 0.6 is 0 Å². The number of hydrogen-bond donors (Lipinski definition) is 2. The Hall–Kier alpha value is -4.00. The summed E-state index contributed by atoms with van der Waals surface area (Å²) in [6.07, 6.45) is 3.85. The maximum Gasteiger partial charge on any atom is 0.269 e. The number of benzene rings is 2. The average Bonchev–Trinajstić information content (AvgIpc) is 3.25. The fourth-order valence-corrected chi connectivity index (χ4v) is 3.97. The van der Waals surface area contributed by atoms with Crippen LogP contribution in [0.2, 0.25) is 0 Å². The Morgan fingerprint density at radius 1 is 1.12 bits per heavy atom. The number of aromatic amines is 1. The fourth-order valence-electron chi connectivity index (χ4n) is 3.97. The van der Waals surface area contributed by atoms with Gasteiger partial charge in [0.1, 0.15) is 0 Å². The standard InChI is InChI=1S/C26H26N4O3/c1-17(2)15-29-26(31)14-22(18-6-5-7-20(12-18)30(32)33)23-16-28-25-13-19(9-10-21(23)25)24-8-3-4-11-27-24/h3-13,16-17,22,28H,14-15H2,1-2H3,(H,29,31)/t22-/m0/s1. The molecule has 0 aliphatic heterocycles. The van der Waals surface area contributed by atoms with Gasteiger partial charge in [-0.25, -0.2) is 0 Å². The molecule has 0 saturated carbocycles. The van der Waals surface area contributed by atoms with E-state index in [0.717, 1.165) is 33.3 Å². The molecule has 2 heterocycles. The molecule has 0 saturated heterocycles. The van der Waals surface area contributed by atoms with E-state index in [0.29, 0.717) is 12.5 Å². The van der Waals surface area contributed by atoms with Crippen molar-refractivity contribution < 1.29 is 9.72 Å². The van der Waals surface area contributed by atoms with Gasteiger partial charge in [0.25, 0.3) is 5.69 Å². The zero-order valence-electron chi connectivity index (χ0n) is 18.6. The molecule has 2 aromatic carbocycles. The van der Waals surface area contributed by atoms with E-state index in [1.54, 1.807) is 18.3 Å². The largest absolute Gasteiger partial charge is 0.361 e. The summed E-state index contributed by atoms with van der Waals surface area (Å²) in [7, 11) is 0. The minimum absolute atomic E-state index is 0.0115. The van der Waals surface area contributed by atoms with E-state index in [2.05, 4.69) is 15.3 Å². The van der Waals surface area contributed by atoms with Crippen LogP contribution in [0.3, 0.4) is 0 Å². The molecule has 0 fully saturated rings. The van der Waals surface area contributed by atoms with E-state index < -0.39 is 4.92 Å². The summed E-state index contributed by atoms with van der Waals surface area (Å²) >= 11 is 0. The molecule has 168 valence electrons. The first-order chi connectivity index (χ1) is 15.9. The van der Waals surface area contributed by atoms with Crippen LogP contribution in [0.25, 0.3) is 22.2 Å². The predicted octanol–water partition coefficient (Wildman–Crippen LogP) is 5.43. The van der Waals surface area contributed by atoms with Crippen LogP contribution in [0, 0.1) is 16.0 Å². The summed E-state index contributed by atoms with van der Waals surface area (Å²) in [5.74, 6) is -0.0745. The van der Waals surface area contributed by atoms with Crippen molar-refractivity contribution in [3.8, 4) is 11.3 Å². The maximum absolute atomic E-state index is 12.8. The second kappa shape index (κ2) is 9.65. The van der Waals surface area contributed by atoms with E-state index in [-0.39, 0.29) is 23.9 Å². The van der Waals surface area contributed by atoms with Gasteiger partial charge in [-0.3, -0.25) is 19.9 Å². The number of fused-ring (bicyclic) bond motifs is 1. The number of H-pyrrole nitrogens is 1. The van der Waals surface area contributed by atoms with Crippen molar-refractivity contribution in [2.45, 2.75) is 26.2 Å². The van der Waals surface area contributed by atoms with Crippen LogP contribution < -0.4 is 5.32 Å². The first kappa shape index (κ1) is 22.2. The highest BCUT2D eigenvalue weighted by atomic mass is 16.6. The van der Waals surface area contributed by atoms with Crippen molar-refractivity contribution in [1.82, 2.24) is 15.3 Å². The van der Waals surface area contributed by atoms with E-state index >= 15 is 0 Å². The molecule has 1 atom stereocenters. The average molecular weight is 443 g/mol. The Morgan fingerprint density at radius 3 is 2.70 bits per heavy atom. The first-order valence-electron chi connectivity index (χ1n) is 11.0. The predicted molar refractivity (Wildman–Crippen MR) is 129 cm³/mol. The Morgan fingerprint density at radius 2 is 1.97 bits per heavy atom. The summed E-state index contributed by atoms with van der Waals surface area (Å²) in [5, 5.41) is 15.3. The molecular weight excluding hydrogens is 416 g/mol. The summed E-state index contributed by atoms with van der Waals surface area (Å²) in [6.45, 7) is 4.66. The molecule has 0 bridgehead atoms. The highest BCUT2D eigenvalue weighted by molar-refractivity contribution is 5.89. The Kier molecular flexibility index (Phi) is 6.49. The van der Waals surface area contributed by atoms with Crippen molar-refractivity contribution in [2.24, 2.45) is 5.92 Å². The monoisotopic (exact) mass is 442 g/mol. The molecule has 0 unspecified atom stereocenters. The number of carbonyl (C=O) groups excluding carboxylic acids is 1. The van der Waals surface area contributed by atoms with E-state index in [1.165, 1.54) is 6.07 Å². The summed E-state index contributed by atoms with van der Waals surface area (Å²) in [5.41, 5.74) is 4.46. The summed E-state index contributed by atoms with van der Waals surface area (Å²) in [6, 6.07) is 18.4. The van der Waals surface area contributed by atoms with Gasteiger partial charge in [-0.1, -0.05) is 44.2 Å². The lowest BCUT2D eigenvalue weighted by Gasteiger charge is -2.18. The number of pyridine rings is 1. The number of rotatable bonds is 8. The maximum atomic E-state index is 12.8. The van der Waals surface area contributed by atoms with Gasteiger partial charge in [0, 0.05) is 59.9 Å². The SMILES string of the molecule is CC(C)CNC(=O)C[C@@H](c1cccc([N+](=O)[O-])c1)c1c[nH]c2cc(-c3ccccn3)ccc12. The van der Waals surface area contributed by atoms with Gasteiger partial charge in [-0.15, -0.1) is 0 Å². The van der Waals surface area contributed by atoms with Crippen molar-refractivity contribution in [2.75, 3.05) is 6.54 Å². The lowest BCUT2D eigenvalue weighted by Crippen LogP contribution is -2.28. The number of non-ortho nitro benzene ring substituents is 1. The number of hydrogen-bond acceptors (Lipinski definition) is 4. The number of amides is 1.